The van der Waals surface area contributed by atoms with Crippen molar-refractivity contribution in [2.75, 3.05) is 5.32 Å². The number of nitrogens with one attached hydrogen (secondary N) is 1. The predicted octanol–water partition coefficient (Wildman–Crippen LogP) is 4.29. The number of pyridine rings is 1. The summed E-state index contributed by atoms with van der Waals surface area (Å²) in [4.78, 5) is 16.2. The summed E-state index contributed by atoms with van der Waals surface area (Å²) in [5.74, 6) is 1.00. The van der Waals surface area contributed by atoms with Crippen molar-refractivity contribution >= 4 is 27.7 Å². The number of anilines is 1. The van der Waals surface area contributed by atoms with Gasteiger partial charge < -0.3 is 5.32 Å². The number of hydrogen-bond acceptors (Lipinski definition) is 2. The molecule has 2 rings (SSSR count). The van der Waals surface area contributed by atoms with Crippen LogP contribution in [0.25, 0.3) is 0 Å². The first-order chi connectivity index (χ1) is 9.54. The van der Waals surface area contributed by atoms with Gasteiger partial charge in [-0.05, 0) is 42.2 Å². The number of halogens is 1. The highest BCUT2D eigenvalue weighted by Gasteiger charge is 2.07. The molecular weight excluding hydrogens is 316 g/mol. The normalized spacial score (nSPS) is 10.6. The van der Waals surface area contributed by atoms with E-state index < -0.39 is 0 Å². The summed E-state index contributed by atoms with van der Waals surface area (Å²) < 4.78 is 0.884. The van der Waals surface area contributed by atoms with E-state index in [-0.39, 0.29) is 5.91 Å². The van der Waals surface area contributed by atoms with E-state index in [0.29, 0.717) is 17.3 Å². The Balaban J connectivity index is 2.06. The van der Waals surface area contributed by atoms with Gasteiger partial charge in [-0.3, -0.25) is 4.79 Å². The van der Waals surface area contributed by atoms with E-state index >= 15 is 0 Å². The van der Waals surface area contributed by atoms with E-state index in [1.165, 1.54) is 5.56 Å². The number of aromatic nitrogens is 1. The molecule has 3 nitrogen and oxygen atoms in total. The smallest absolute Gasteiger partial charge is 0.256 e. The summed E-state index contributed by atoms with van der Waals surface area (Å²) in [5, 5.41) is 2.78. The van der Waals surface area contributed by atoms with Crippen molar-refractivity contribution in [1.82, 2.24) is 4.98 Å². The molecule has 104 valence electrons. The predicted molar refractivity (Wildman–Crippen MR) is 84.9 cm³/mol. The van der Waals surface area contributed by atoms with Crippen LogP contribution in [0.5, 0.6) is 0 Å². The third-order valence-corrected chi connectivity index (χ3v) is 3.32. The Kier molecular flexibility index (Phi) is 4.90. The van der Waals surface area contributed by atoms with Gasteiger partial charge in [-0.25, -0.2) is 4.98 Å². The lowest BCUT2D eigenvalue weighted by molar-refractivity contribution is 0.102. The third kappa shape index (κ3) is 4.17. The van der Waals surface area contributed by atoms with Crippen molar-refractivity contribution in [3.63, 3.8) is 0 Å². The topological polar surface area (TPSA) is 42.0 Å². The standard InChI is InChI=1S/C16H17BrN2O/c1-11(2)9-12-3-5-13(6-4-12)16(20)19-15-10-14(17)7-8-18-15/h3-8,10-11H,9H2,1-2H3,(H,18,19,20). The molecule has 1 aromatic heterocycles. The van der Waals surface area contributed by atoms with Crippen LogP contribution < -0.4 is 5.32 Å². The minimum atomic E-state index is -0.147. The molecule has 0 aliphatic carbocycles. The van der Waals surface area contributed by atoms with E-state index in [2.05, 4.69) is 40.1 Å². The number of rotatable bonds is 4. The first kappa shape index (κ1) is 14.7. The Labute approximate surface area is 127 Å². The maximum absolute atomic E-state index is 12.1. The molecular formula is C16H17BrN2O. The highest BCUT2D eigenvalue weighted by Crippen LogP contribution is 2.14. The summed E-state index contributed by atoms with van der Waals surface area (Å²) in [6.45, 7) is 4.36. The Morgan fingerprint density at radius 2 is 1.95 bits per heavy atom. The number of carbonyl (C=O) groups excluding carboxylic acids is 1. The molecule has 1 heterocycles. The van der Waals surface area contributed by atoms with Gasteiger partial charge in [0.2, 0.25) is 0 Å². The van der Waals surface area contributed by atoms with E-state index in [4.69, 9.17) is 0 Å². The highest BCUT2D eigenvalue weighted by atomic mass is 79.9. The fourth-order valence-corrected chi connectivity index (χ4v) is 2.26. The monoisotopic (exact) mass is 332 g/mol. The summed E-state index contributed by atoms with van der Waals surface area (Å²) in [5.41, 5.74) is 1.89. The van der Waals surface area contributed by atoms with Gasteiger partial charge >= 0.3 is 0 Å². The SMILES string of the molecule is CC(C)Cc1ccc(C(=O)Nc2cc(Br)ccn2)cc1. The third-order valence-electron chi connectivity index (χ3n) is 2.82. The second-order valence-corrected chi connectivity index (χ2v) is 6.02. The first-order valence-electron chi connectivity index (χ1n) is 6.56. The molecule has 0 fully saturated rings. The van der Waals surface area contributed by atoms with Gasteiger partial charge in [-0.2, -0.15) is 0 Å². The van der Waals surface area contributed by atoms with Crippen LogP contribution in [-0.2, 0) is 6.42 Å². The van der Waals surface area contributed by atoms with Crippen LogP contribution in [0.1, 0.15) is 29.8 Å². The van der Waals surface area contributed by atoms with Crippen molar-refractivity contribution in [2.45, 2.75) is 20.3 Å². The average Bonchev–Trinajstić information content (AvgIpc) is 2.38. The van der Waals surface area contributed by atoms with Crippen molar-refractivity contribution in [3.05, 3.63) is 58.2 Å². The van der Waals surface area contributed by atoms with Gasteiger partial charge in [0.05, 0.1) is 0 Å². The Bertz CT molecular complexity index is 594. The Hall–Kier alpha value is -1.68. The van der Waals surface area contributed by atoms with Gasteiger partial charge in [-0.15, -0.1) is 0 Å². The molecule has 1 amide bonds. The maximum atomic E-state index is 12.1. The number of nitrogens with zero attached hydrogens (tertiary/aromatic N) is 1. The molecule has 0 aliphatic rings. The zero-order valence-electron chi connectivity index (χ0n) is 11.6. The van der Waals surface area contributed by atoms with Gasteiger partial charge in [0, 0.05) is 16.2 Å². The van der Waals surface area contributed by atoms with Crippen molar-refractivity contribution in [2.24, 2.45) is 5.92 Å². The lowest BCUT2D eigenvalue weighted by atomic mass is 10.0. The largest absolute Gasteiger partial charge is 0.307 e. The lowest BCUT2D eigenvalue weighted by Crippen LogP contribution is -2.12. The quantitative estimate of drug-likeness (QED) is 0.907. The summed E-state index contributed by atoms with van der Waals surface area (Å²) >= 11 is 3.35. The van der Waals surface area contributed by atoms with Crippen LogP contribution in [0.2, 0.25) is 0 Å². The number of benzene rings is 1. The summed E-state index contributed by atoms with van der Waals surface area (Å²) in [7, 11) is 0. The molecule has 0 unspecified atom stereocenters. The average molecular weight is 333 g/mol. The Morgan fingerprint density at radius 3 is 2.55 bits per heavy atom. The molecule has 20 heavy (non-hydrogen) atoms. The van der Waals surface area contributed by atoms with Crippen LogP contribution >= 0.6 is 15.9 Å². The van der Waals surface area contributed by atoms with Crippen LogP contribution in [0, 0.1) is 5.92 Å². The summed E-state index contributed by atoms with van der Waals surface area (Å²) in [6, 6.07) is 11.3. The fourth-order valence-electron chi connectivity index (χ4n) is 1.93. The van der Waals surface area contributed by atoms with Crippen LogP contribution in [0.15, 0.2) is 47.1 Å². The molecule has 0 saturated carbocycles. The van der Waals surface area contributed by atoms with Crippen molar-refractivity contribution in [3.8, 4) is 0 Å². The molecule has 1 aromatic carbocycles. The van der Waals surface area contributed by atoms with Crippen LogP contribution in [0.3, 0.4) is 0 Å². The number of amides is 1. The molecule has 0 atom stereocenters. The zero-order chi connectivity index (χ0) is 14.5. The maximum Gasteiger partial charge on any atom is 0.256 e. The fraction of sp³-hybridized carbons (Fsp3) is 0.250. The minimum Gasteiger partial charge on any atom is -0.307 e. The van der Waals surface area contributed by atoms with Crippen molar-refractivity contribution < 1.29 is 4.79 Å². The molecule has 1 N–H and O–H groups in total. The van der Waals surface area contributed by atoms with Gasteiger partial charge in [0.15, 0.2) is 0 Å². The van der Waals surface area contributed by atoms with E-state index in [1.807, 2.05) is 30.3 Å². The van der Waals surface area contributed by atoms with E-state index in [9.17, 15) is 4.79 Å². The molecule has 0 aliphatic heterocycles. The van der Waals surface area contributed by atoms with Gasteiger partial charge in [0.25, 0.3) is 5.91 Å². The van der Waals surface area contributed by atoms with Crippen molar-refractivity contribution in [1.29, 1.82) is 0 Å². The lowest BCUT2D eigenvalue weighted by Gasteiger charge is -2.07. The second kappa shape index (κ2) is 6.66. The first-order valence-corrected chi connectivity index (χ1v) is 7.36. The number of carbonyl (C=O) groups is 1. The van der Waals surface area contributed by atoms with Crippen LogP contribution in [0.4, 0.5) is 5.82 Å². The second-order valence-electron chi connectivity index (χ2n) is 5.11. The van der Waals surface area contributed by atoms with Gasteiger partial charge in [0.1, 0.15) is 5.82 Å². The van der Waals surface area contributed by atoms with Gasteiger partial charge in [-0.1, -0.05) is 41.9 Å². The zero-order valence-corrected chi connectivity index (χ0v) is 13.1. The minimum absolute atomic E-state index is 0.147. The highest BCUT2D eigenvalue weighted by molar-refractivity contribution is 9.10. The number of hydrogen-bond donors (Lipinski definition) is 1. The molecule has 0 saturated heterocycles. The molecule has 0 spiro atoms. The molecule has 0 radical (unpaired) electrons. The molecule has 2 aromatic rings. The van der Waals surface area contributed by atoms with Crippen LogP contribution in [-0.4, -0.2) is 10.9 Å². The van der Waals surface area contributed by atoms with E-state index in [0.717, 1.165) is 10.9 Å². The Morgan fingerprint density at radius 1 is 1.25 bits per heavy atom. The summed E-state index contributed by atoms with van der Waals surface area (Å²) in [6.07, 6.45) is 2.67. The molecule has 4 heteroatoms. The molecule has 0 bridgehead atoms. The van der Waals surface area contributed by atoms with E-state index in [1.54, 1.807) is 12.3 Å².